The molecule has 16 heavy (non-hydrogen) atoms. The number of aliphatic carboxylic acids is 1. The minimum Gasteiger partial charge on any atom is -0.481 e. The van der Waals surface area contributed by atoms with Gasteiger partial charge in [-0.25, -0.2) is 8.42 Å². The highest BCUT2D eigenvalue weighted by molar-refractivity contribution is 7.95. The molecule has 0 aliphatic carbocycles. The first kappa shape index (κ1) is 11.2. The zero-order chi connectivity index (χ0) is 11.9. The summed E-state index contributed by atoms with van der Waals surface area (Å²) in [7, 11) is -3.53. The van der Waals surface area contributed by atoms with Crippen molar-refractivity contribution in [3.63, 3.8) is 0 Å². The molecule has 1 N–H and O–H groups in total. The fraction of sp³-hybridized carbons (Fsp3) is 0.100. The van der Waals surface area contributed by atoms with Gasteiger partial charge in [0.2, 0.25) is 9.84 Å². The molecule has 1 aliphatic heterocycles. The zero-order valence-electron chi connectivity index (χ0n) is 7.97. The number of hydrogen-bond donors (Lipinski definition) is 1. The average molecular weight is 259 g/mol. The van der Waals surface area contributed by atoms with Gasteiger partial charge >= 0.3 is 5.97 Å². The molecule has 1 aromatic rings. The molecule has 0 atom stereocenters. The van der Waals surface area contributed by atoms with Crippen LogP contribution in [0.15, 0.2) is 28.5 Å². The second kappa shape index (κ2) is 3.61. The van der Waals surface area contributed by atoms with E-state index in [2.05, 4.69) is 0 Å². The molecule has 0 aromatic heterocycles. The SMILES string of the molecule is O=C(O)CC1=CS(=O)(=O)c2cc(Cl)ccc21. The first-order valence-corrected chi connectivity index (χ1v) is 6.30. The van der Waals surface area contributed by atoms with Gasteiger partial charge in [-0.15, -0.1) is 0 Å². The molecule has 84 valence electrons. The van der Waals surface area contributed by atoms with Crippen LogP contribution in [0, 0.1) is 0 Å². The molecule has 0 fully saturated rings. The molecule has 1 aromatic carbocycles. The van der Waals surface area contributed by atoms with E-state index in [1.165, 1.54) is 18.2 Å². The van der Waals surface area contributed by atoms with Crippen molar-refractivity contribution in [1.29, 1.82) is 0 Å². The van der Waals surface area contributed by atoms with Crippen molar-refractivity contribution in [3.05, 3.63) is 34.2 Å². The number of carboxylic acid groups (broad SMARTS) is 1. The number of carbonyl (C=O) groups is 1. The number of benzene rings is 1. The van der Waals surface area contributed by atoms with Crippen LogP contribution in [-0.2, 0) is 14.6 Å². The summed E-state index contributed by atoms with van der Waals surface area (Å²) in [6.45, 7) is 0. The van der Waals surface area contributed by atoms with Crippen LogP contribution in [0.4, 0.5) is 0 Å². The lowest BCUT2D eigenvalue weighted by Gasteiger charge is -2.01. The molecule has 0 bridgehead atoms. The fourth-order valence-corrected chi connectivity index (χ4v) is 3.36. The van der Waals surface area contributed by atoms with Gasteiger partial charge in [0.25, 0.3) is 0 Å². The first-order chi connectivity index (χ1) is 7.40. The highest BCUT2D eigenvalue weighted by Gasteiger charge is 2.27. The fourth-order valence-electron chi connectivity index (χ4n) is 1.61. The number of sulfone groups is 1. The largest absolute Gasteiger partial charge is 0.481 e. The van der Waals surface area contributed by atoms with E-state index in [1.807, 2.05) is 0 Å². The third-order valence-corrected chi connectivity index (χ3v) is 4.02. The van der Waals surface area contributed by atoms with Gasteiger partial charge in [-0.1, -0.05) is 17.7 Å². The Morgan fingerprint density at radius 2 is 2.06 bits per heavy atom. The third kappa shape index (κ3) is 1.83. The van der Waals surface area contributed by atoms with E-state index in [-0.39, 0.29) is 11.3 Å². The van der Waals surface area contributed by atoms with E-state index in [9.17, 15) is 13.2 Å². The van der Waals surface area contributed by atoms with E-state index in [4.69, 9.17) is 16.7 Å². The summed E-state index contributed by atoms with van der Waals surface area (Å²) in [5.74, 6) is -1.07. The summed E-state index contributed by atoms with van der Waals surface area (Å²) in [6.07, 6.45) is -0.312. The van der Waals surface area contributed by atoms with Gasteiger partial charge in [-0.3, -0.25) is 4.79 Å². The summed E-state index contributed by atoms with van der Waals surface area (Å²) in [6, 6.07) is 4.39. The predicted octanol–water partition coefficient (Wildman–Crippen LogP) is 1.94. The Kier molecular flexibility index (Phi) is 2.52. The predicted molar refractivity (Wildman–Crippen MR) is 58.9 cm³/mol. The van der Waals surface area contributed by atoms with Crippen molar-refractivity contribution in [2.45, 2.75) is 11.3 Å². The van der Waals surface area contributed by atoms with Crippen LogP contribution in [-0.4, -0.2) is 19.5 Å². The standard InChI is InChI=1S/C10H7ClO4S/c11-7-1-2-8-6(3-10(12)13)5-16(14,15)9(8)4-7/h1-2,4-5H,3H2,(H,12,13). The van der Waals surface area contributed by atoms with Crippen LogP contribution in [0.5, 0.6) is 0 Å². The summed E-state index contributed by atoms with van der Waals surface area (Å²) in [5.41, 5.74) is 0.714. The van der Waals surface area contributed by atoms with E-state index < -0.39 is 15.8 Å². The maximum Gasteiger partial charge on any atom is 0.307 e. The van der Waals surface area contributed by atoms with Gasteiger partial charge in [-0.2, -0.15) is 0 Å². The molecule has 0 radical (unpaired) electrons. The molecule has 4 nitrogen and oxygen atoms in total. The molecule has 1 heterocycles. The Hall–Kier alpha value is -1.33. The van der Waals surface area contributed by atoms with Crippen LogP contribution in [0.3, 0.4) is 0 Å². The highest BCUT2D eigenvalue weighted by Crippen LogP contribution is 2.36. The quantitative estimate of drug-likeness (QED) is 0.880. The number of fused-ring (bicyclic) bond motifs is 1. The molecule has 0 unspecified atom stereocenters. The summed E-state index contributed by atoms with van der Waals surface area (Å²) >= 11 is 5.70. The molecule has 1 aliphatic rings. The second-order valence-electron chi connectivity index (χ2n) is 3.40. The monoisotopic (exact) mass is 258 g/mol. The van der Waals surface area contributed by atoms with Crippen LogP contribution < -0.4 is 0 Å². The van der Waals surface area contributed by atoms with E-state index in [1.54, 1.807) is 0 Å². The number of hydrogen-bond acceptors (Lipinski definition) is 3. The van der Waals surface area contributed by atoms with Crippen LogP contribution in [0.25, 0.3) is 5.57 Å². The van der Waals surface area contributed by atoms with Crippen molar-refractivity contribution in [2.24, 2.45) is 0 Å². The first-order valence-electron chi connectivity index (χ1n) is 4.37. The number of halogens is 1. The van der Waals surface area contributed by atoms with Crippen molar-refractivity contribution in [1.82, 2.24) is 0 Å². The van der Waals surface area contributed by atoms with Crippen molar-refractivity contribution in [3.8, 4) is 0 Å². The molecule has 0 spiro atoms. The molecule has 6 heteroatoms. The Morgan fingerprint density at radius 1 is 1.38 bits per heavy atom. The molecule has 2 rings (SSSR count). The van der Waals surface area contributed by atoms with Gasteiger partial charge in [0, 0.05) is 10.4 Å². The van der Waals surface area contributed by atoms with Crippen molar-refractivity contribution < 1.29 is 18.3 Å². The zero-order valence-corrected chi connectivity index (χ0v) is 9.55. The lowest BCUT2D eigenvalue weighted by molar-refractivity contribution is -0.135. The second-order valence-corrected chi connectivity index (χ2v) is 5.60. The van der Waals surface area contributed by atoms with Gasteiger partial charge in [0.15, 0.2) is 0 Å². The van der Waals surface area contributed by atoms with E-state index in [0.717, 1.165) is 5.41 Å². The van der Waals surface area contributed by atoms with Crippen LogP contribution >= 0.6 is 11.6 Å². The smallest absolute Gasteiger partial charge is 0.307 e. The highest BCUT2D eigenvalue weighted by atomic mass is 35.5. The Morgan fingerprint density at radius 3 is 2.69 bits per heavy atom. The van der Waals surface area contributed by atoms with E-state index >= 15 is 0 Å². The maximum atomic E-state index is 11.7. The molecule has 0 saturated heterocycles. The Balaban J connectivity index is 2.60. The lowest BCUT2D eigenvalue weighted by atomic mass is 10.1. The Bertz CT molecular complexity index is 601. The van der Waals surface area contributed by atoms with Gasteiger partial charge < -0.3 is 5.11 Å². The summed E-state index contributed by atoms with van der Waals surface area (Å²) in [4.78, 5) is 10.7. The van der Waals surface area contributed by atoms with Crippen LogP contribution in [0.2, 0.25) is 5.02 Å². The minimum atomic E-state index is -3.53. The Labute approximate surface area is 97.1 Å². The summed E-state index contributed by atoms with van der Waals surface area (Å²) in [5, 5.41) is 9.96. The molecule has 0 amide bonds. The number of carboxylic acids is 1. The normalized spacial score (nSPS) is 16.7. The molecular formula is C10H7ClO4S. The maximum absolute atomic E-state index is 11.7. The van der Waals surface area contributed by atoms with Crippen molar-refractivity contribution in [2.75, 3.05) is 0 Å². The van der Waals surface area contributed by atoms with Gasteiger partial charge in [0.1, 0.15) is 0 Å². The van der Waals surface area contributed by atoms with Crippen LogP contribution in [0.1, 0.15) is 12.0 Å². The number of rotatable bonds is 2. The molecule has 0 saturated carbocycles. The minimum absolute atomic E-state index is 0.0799. The van der Waals surface area contributed by atoms with Gasteiger partial charge in [-0.05, 0) is 23.3 Å². The van der Waals surface area contributed by atoms with E-state index in [0.29, 0.717) is 16.2 Å². The molecular weight excluding hydrogens is 252 g/mol. The third-order valence-electron chi connectivity index (χ3n) is 2.24. The van der Waals surface area contributed by atoms with Gasteiger partial charge in [0.05, 0.1) is 11.3 Å². The summed E-state index contributed by atoms with van der Waals surface area (Å²) < 4.78 is 23.3. The van der Waals surface area contributed by atoms with Crippen molar-refractivity contribution >= 4 is 33.0 Å². The lowest BCUT2D eigenvalue weighted by Crippen LogP contribution is -1.95. The topological polar surface area (TPSA) is 71.4 Å². The average Bonchev–Trinajstić information content (AvgIpc) is 2.37.